The third kappa shape index (κ3) is 6.87. The van der Waals surface area contributed by atoms with E-state index in [1.165, 1.54) is 52.0 Å². The normalized spacial score (nSPS) is 16.0. The molecule has 0 spiro atoms. The van der Waals surface area contributed by atoms with Gasteiger partial charge in [-0.05, 0) is 74.3 Å². The molecule has 28 heavy (non-hydrogen) atoms. The number of hydrogen-bond donors (Lipinski definition) is 2. The summed E-state index contributed by atoms with van der Waals surface area (Å²) in [4.78, 5) is 0.843. The molecule has 1 aromatic carbocycles. The van der Waals surface area contributed by atoms with Gasteiger partial charge in [-0.15, -0.1) is 0 Å². The highest BCUT2D eigenvalue weighted by atomic mass is 32.2. The summed E-state index contributed by atoms with van der Waals surface area (Å²) in [6.07, 6.45) is -0.00626. The maximum absolute atomic E-state index is 12.3. The number of rotatable bonds is 10. The Hall–Kier alpha value is -0.340. The molecule has 0 bridgehead atoms. The van der Waals surface area contributed by atoms with E-state index in [0.29, 0.717) is 9.79 Å². The minimum absolute atomic E-state index is 0.00313. The molecule has 12 heteroatoms. The molecule has 0 saturated carbocycles. The Kier molecular flexibility index (Phi) is 8.45. The molecule has 0 aliphatic rings. The first kappa shape index (κ1) is 25.7. The fourth-order valence-electron chi connectivity index (χ4n) is 1.91. The zero-order valence-corrected chi connectivity index (χ0v) is 19.4. The molecule has 0 radical (unpaired) electrons. The minimum atomic E-state index is -4.26. The lowest BCUT2D eigenvalue weighted by Crippen LogP contribution is -2.33. The summed E-state index contributed by atoms with van der Waals surface area (Å²) < 4.78 is 85.3. The van der Waals surface area contributed by atoms with Gasteiger partial charge >= 0.3 is 0 Å². The van der Waals surface area contributed by atoms with Gasteiger partial charge in [0.25, 0.3) is 20.2 Å². The van der Waals surface area contributed by atoms with Gasteiger partial charge in [-0.1, -0.05) is 0 Å². The van der Waals surface area contributed by atoms with Crippen molar-refractivity contribution in [3.05, 3.63) is 24.3 Å². The highest BCUT2D eigenvalue weighted by Gasteiger charge is 2.35. The molecule has 0 saturated heterocycles. The van der Waals surface area contributed by atoms with Gasteiger partial charge in [-0.2, -0.15) is 16.8 Å². The molecule has 0 fully saturated rings. The summed E-state index contributed by atoms with van der Waals surface area (Å²) in [6.45, 7) is 5.39. The van der Waals surface area contributed by atoms with Crippen LogP contribution in [-0.4, -0.2) is 56.0 Å². The summed E-state index contributed by atoms with van der Waals surface area (Å²) in [5.41, 5.74) is 0. The van der Waals surface area contributed by atoms with Crippen molar-refractivity contribution in [3.8, 4) is 0 Å². The molecule has 1 aromatic rings. The predicted molar refractivity (Wildman–Crippen MR) is 109 cm³/mol. The van der Waals surface area contributed by atoms with Gasteiger partial charge in [0.1, 0.15) is 11.5 Å². The Morgan fingerprint density at radius 3 is 1.21 bits per heavy atom. The van der Waals surface area contributed by atoms with Crippen molar-refractivity contribution in [2.45, 2.75) is 59.8 Å². The van der Waals surface area contributed by atoms with Crippen molar-refractivity contribution in [2.24, 2.45) is 0 Å². The van der Waals surface area contributed by atoms with Crippen LogP contribution in [0.5, 0.6) is 0 Å². The molecule has 2 N–H and O–H groups in total. The number of hydrogen-bond acceptors (Lipinski definition) is 6. The van der Waals surface area contributed by atoms with Gasteiger partial charge in [0.05, 0.1) is 9.49 Å². The quantitative estimate of drug-likeness (QED) is 0.385. The fourth-order valence-corrected chi connectivity index (χ4v) is 5.63. The molecule has 0 aliphatic heterocycles. The largest absolute Gasteiger partial charge is 0.611 e. The minimum Gasteiger partial charge on any atom is -0.611 e. The first-order chi connectivity index (χ1) is 12.5. The second kappa shape index (κ2) is 9.21. The molecular weight excluding hydrogens is 448 g/mol. The maximum Gasteiger partial charge on any atom is 0.270 e. The molecule has 0 amide bonds. The van der Waals surface area contributed by atoms with E-state index in [1.54, 1.807) is 0 Å². The van der Waals surface area contributed by atoms with Crippen molar-refractivity contribution in [1.82, 2.24) is 0 Å². The topological polar surface area (TPSA) is 155 Å². The van der Waals surface area contributed by atoms with Gasteiger partial charge in [0, 0.05) is 12.8 Å². The molecule has 0 aliphatic carbocycles. The molecule has 8 nitrogen and oxygen atoms in total. The first-order valence-corrected chi connectivity index (χ1v) is 13.8. The second-order valence-corrected chi connectivity index (χ2v) is 14.8. The van der Waals surface area contributed by atoms with Crippen LogP contribution in [0.3, 0.4) is 0 Å². The summed E-state index contributed by atoms with van der Waals surface area (Å²) >= 11 is -3.01. The van der Waals surface area contributed by atoms with Gasteiger partial charge in [-0.25, -0.2) is 0 Å². The highest BCUT2D eigenvalue weighted by Crippen LogP contribution is 2.25. The highest BCUT2D eigenvalue weighted by molar-refractivity contribution is 7.92. The van der Waals surface area contributed by atoms with Crippen LogP contribution in [0.25, 0.3) is 0 Å². The average Bonchev–Trinajstić information content (AvgIpc) is 2.55. The van der Waals surface area contributed by atoms with Crippen LogP contribution in [0.1, 0.15) is 40.5 Å². The Labute approximate surface area is 173 Å². The lowest BCUT2D eigenvalue weighted by Gasteiger charge is -2.22. The van der Waals surface area contributed by atoms with E-state index in [0.717, 1.165) is 0 Å². The van der Waals surface area contributed by atoms with Crippen LogP contribution in [0.15, 0.2) is 34.1 Å². The SMILES string of the molecule is CC(C)(CC[S+]([O-])c1ccc([S+]([O-])CCC(C)(C)S(=O)(=O)O)cc1)S(=O)(=O)O. The number of benzene rings is 1. The van der Waals surface area contributed by atoms with Gasteiger partial charge < -0.3 is 9.11 Å². The van der Waals surface area contributed by atoms with Crippen molar-refractivity contribution in [2.75, 3.05) is 11.5 Å². The monoisotopic (exact) mass is 474 g/mol. The van der Waals surface area contributed by atoms with E-state index in [2.05, 4.69) is 0 Å². The van der Waals surface area contributed by atoms with E-state index in [9.17, 15) is 35.0 Å². The Balaban J connectivity index is 2.72. The van der Waals surface area contributed by atoms with Gasteiger partial charge in [-0.3, -0.25) is 9.11 Å². The van der Waals surface area contributed by atoms with Crippen LogP contribution in [0.4, 0.5) is 0 Å². The lowest BCUT2D eigenvalue weighted by atomic mass is 10.1. The molecule has 1 rings (SSSR count). The molecule has 0 aromatic heterocycles. The van der Waals surface area contributed by atoms with E-state index in [-0.39, 0.29) is 24.3 Å². The summed E-state index contributed by atoms with van der Waals surface area (Å²) in [5, 5.41) is 0. The zero-order valence-electron chi connectivity index (χ0n) is 16.1. The first-order valence-electron chi connectivity index (χ1n) is 8.29. The van der Waals surface area contributed by atoms with E-state index in [4.69, 9.17) is 0 Å². The zero-order chi connectivity index (χ0) is 22.0. The standard InChI is InChI=1S/C16H26O8S4/c1-15(2,27(19,20)21)9-11-25(17)13-5-7-14(8-6-13)26(18)12-10-16(3,4)28(22,23)24/h5-8H,9-12H2,1-4H3,(H,19,20,21)(H,22,23,24). The average molecular weight is 475 g/mol. The van der Waals surface area contributed by atoms with Crippen LogP contribution >= 0.6 is 0 Å². The van der Waals surface area contributed by atoms with Crippen molar-refractivity contribution >= 4 is 42.6 Å². The van der Waals surface area contributed by atoms with Crippen molar-refractivity contribution in [3.63, 3.8) is 0 Å². The Bertz CT molecular complexity index is 787. The molecule has 2 unspecified atom stereocenters. The predicted octanol–water partition coefficient (Wildman–Crippen LogP) is 2.01. The van der Waals surface area contributed by atoms with E-state index in [1.807, 2.05) is 0 Å². The van der Waals surface area contributed by atoms with Crippen LogP contribution in [0.2, 0.25) is 0 Å². The molecule has 0 heterocycles. The smallest absolute Gasteiger partial charge is 0.270 e. The molecular formula is C16H26O8S4. The molecule has 2 atom stereocenters. The van der Waals surface area contributed by atoms with Crippen molar-refractivity contribution in [1.29, 1.82) is 0 Å². The molecule has 162 valence electrons. The fraction of sp³-hybridized carbons (Fsp3) is 0.625. The summed E-state index contributed by atoms with van der Waals surface area (Å²) in [6, 6.07) is 6.05. The maximum atomic E-state index is 12.3. The van der Waals surface area contributed by atoms with E-state index < -0.39 is 52.1 Å². The van der Waals surface area contributed by atoms with Gasteiger partial charge in [0.2, 0.25) is 0 Å². The summed E-state index contributed by atoms with van der Waals surface area (Å²) in [7, 11) is -8.52. The van der Waals surface area contributed by atoms with Crippen LogP contribution in [0, 0.1) is 0 Å². The third-order valence-corrected chi connectivity index (χ3v) is 10.5. The third-order valence-electron chi connectivity index (χ3n) is 4.53. The Morgan fingerprint density at radius 1 is 0.750 bits per heavy atom. The van der Waals surface area contributed by atoms with E-state index >= 15 is 0 Å². The Morgan fingerprint density at radius 2 is 1.00 bits per heavy atom. The van der Waals surface area contributed by atoms with Crippen LogP contribution < -0.4 is 0 Å². The van der Waals surface area contributed by atoms with Crippen LogP contribution in [-0.2, 0) is 42.6 Å². The van der Waals surface area contributed by atoms with Gasteiger partial charge in [0.15, 0.2) is 9.79 Å². The second-order valence-electron chi connectivity index (χ2n) is 7.54. The summed E-state index contributed by atoms with van der Waals surface area (Å²) in [5.74, 6) is 0.0511. The van der Waals surface area contributed by atoms with Crippen molar-refractivity contribution < 1.29 is 35.0 Å². The lowest BCUT2D eigenvalue weighted by molar-refractivity contribution is 0.435.